The van der Waals surface area contributed by atoms with Crippen molar-refractivity contribution in [2.24, 2.45) is 35.2 Å². The maximum absolute atomic E-state index is 4.67. The van der Waals surface area contributed by atoms with E-state index in [1.807, 2.05) is 114 Å². The number of nitrogens with zero attached hydrogens (tertiary/aromatic N) is 19. The molecule has 0 spiro atoms. The molecule has 10 heterocycles. The SMILES string of the molecule is Cc1cc(C)c(C)c(-c2c3ccc(-c4ccccn4)cc3nc[n+]2C)c1.Cc1cc(C)c(C)c(-c2c3ccc(-c4cccnc4)cc3nc[n+]2C)c1.Cc1ccccc1-c1c2ccc(-c3cnccn3)cc2nc[n+]1C.Cc1ccccc1-c1c2ccc(-c3ncccn3)cc2nc[n+]1C.Cc1ccccc1-c1c2ccc(-c3ncncn3)cc2nc[n+]1C. The number of aryl methyl sites for hydroxylation is 12. The Morgan fingerprint density at radius 3 is 0.968 bits per heavy atom. The molecule has 0 amide bonds. The second kappa shape index (κ2) is 36.5. The summed E-state index contributed by atoms with van der Waals surface area (Å²) < 4.78 is 10.4. The summed E-state index contributed by atoms with van der Waals surface area (Å²) >= 11 is 0. The van der Waals surface area contributed by atoms with Crippen molar-refractivity contribution < 1.29 is 22.8 Å². The molecule has 20 rings (SSSR count). The number of pyridine rings is 2. The summed E-state index contributed by atoms with van der Waals surface area (Å²) in [6.07, 6.45) is 26.6. The molecule has 0 radical (unpaired) electrons. The first-order valence-electron chi connectivity index (χ1n) is 41.0. The molecule has 0 N–H and O–H groups in total. The molecule has 0 aliphatic carbocycles. The topological polar surface area (TPSA) is 200 Å². The van der Waals surface area contributed by atoms with Gasteiger partial charge in [0.05, 0.1) is 79.8 Å². The fraction of sp³-hybridized carbons (Fsp3) is 0.133. The van der Waals surface area contributed by atoms with Gasteiger partial charge in [-0.2, -0.15) is 0 Å². The smallest absolute Gasteiger partial charge is 0.264 e. The van der Waals surface area contributed by atoms with E-state index in [0.717, 1.165) is 105 Å². The highest BCUT2D eigenvalue weighted by Gasteiger charge is 2.25. The number of hydrogen-bond donors (Lipinski definition) is 0. The fourth-order valence-electron chi connectivity index (χ4n) is 16.1. The molecule has 19 heteroatoms. The van der Waals surface area contributed by atoms with E-state index in [9.17, 15) is 0 Å². The van der Waals surface area contributed by atoms with Crippen molar-refractivity contribution >= 4 is 54.5 Å². The molecule has 0 saturated carbocycles. The zero-order chi connectivity index (χ0) is 86.1. The minimum Gasteiger partial charge on any atom is -0.264 e. The normalized spacial score (nSPS) is 11.0. The standard InChI is InChI=1S/2C23H22N3.2C20H17N4.C19H16N5/c1-15-10-16(2)17(3)21(11-15)23-20-8-7-18(19-6-5-9-24-13-19)12-22(20)25-14-26(23)4;1-15-11-16(2)17(3)20(12-15)23-19-9-8-18(21-7-5-6-10-24-21)13-22(19)25-14-26(23)4;1-14-6-3-4-7-16(14)19-17-9-8-15(20-21-10-5-11-22-20)12-18(17)23-13-24(19)2;1-14-5-3-4-6-16(14)20-17-8-7-15(19-12-21-9-10-22-19)11-18(17)23-13-24(20)2;1-13-5-3-4-6-15(13)18-16-8-7-14(19-21-10-20-11-22-19)9-17(16)23-12-24(18)2/h2*5-14H,1-4H3;2*3-13H,1-2H3;3-12H,1-2H3/q5*+1. The Hall–Kier alpha value is -15.6. The van der Waals surface area contributed by atoms with Crippen LogP contribution in [-0.2, 0) is 35.2 Å². The molecular weight excluding hydrogens is 1530 g/mol. The van der Waals surface area contributed by atoms with E-state index in [1.54, 1.807) is 37.2 Å². The van der Waals surface area contributed by atoms with Crippen molar-refractivity contribution in [2.45, 2.75) is 62.3 Å². The molecular formula is C105H94N19+5. The lowest BCUT2D eigenvalue weighted by Crippen LogP contribution is -2.32. The molecule has 19 nitrogen and oxygen atoms in total. The summed E-state index contributed by atoms with van der Waals surface area (Å²) in [5.74, 6) is 1.37. The van der Waals surface area contributed by atoms with Gasteiger partial charge in [-0.25, -0.2) is 47.8 Å². The molecule has 604 valence electrons. The molecule has 0 aliphatic rings. The number of rotatable bonds is 10. The van der Waals surface area contributed by atoms with Gasteiger partial charge in [0.25, 0.3) is 31.6 Å². The summed E-state index contributed by atoms with van der Waals surface area (Å²) in [5, 5.41) is 5.67. The molecule has 0 unspecified atom stereocenters. The molecule has 0 aliphatic heterocycles. The number of hydrogen-bond acceptors (Lipinski definition) is 14. The van der Waals surface area contributed by atoms with Crippen LogP contribution in [0.15, 0.2) is 318 Å². The Balaban J connectivity index is 0.000000115. The third kappa shape index (κ3) is 17.6. The van der Waals surface area contributed by atoms with Crippen LogP contribution < -0.4 is 22.8 Å². The summed E-state index contributed by atoms with van der Waals surface area (Å²) in [7, 11) is 10.2. The monoisotopic (exact) mass is 1620 g/mol. The van der Waals surface area contributed by atoms with Gasteiger partial charge in [-0.3, -0.25) is 19.9 Å². The minimum absolute atomic E-state index is 0.652. The van der Waals surface area contributed by atoms with E-state index < -0.39 is 0 Å². The van der Waals surface area contributed by atoms with E-state index in [-0.39, 0.29) is 0 Å². The Kier molecular flexibility index (Phi) is 24.2. The van der Waals surface area contributed by atoms with Crippen LogP contribution in [-0.4, -0.2) is 69.8 Å². The highest BCUT2D eigenvalue weighted by atomic mass is 15.0. The van der Waals surface area contributed by atoms with E-state index in [1.165, 1.54) is 113 Å². The van der Waals surface area contributed by atoms with Gasteiger partial charge in [-0.05, 0) is 217 Å². The fourth-order valence-corrected chi connectivity index (χ4v) is 16.1. The van der Waals surface area contributed by atoms with Gasteiger partial charge in [0.2, 0.25) is 0 Å². The summed E-state index contributed by atoms with van der Waals surface area (Å²) in [5.41, 5.74) is 36.5. The summed E-state index contributed by atoms with van der Waals surface area (Å²) in [6, 6.07) is 77.6. The van der Waals surface area contributed by atoms with Crippen LogP contribution in [0.5, 0.6) is 0 Å². The van der Waals surface area contributed by atoms with E-state index in [0.29, 0.717) is 11.6 Å². The predicted molar refractivity (Wildman–Crippen MR) is 492 cm³/mol. The van der Waals surface area contributed by atoms with Crippen LogP contribution in [0.25, 0.3) is 167 Å². The lowest BCUT2D eigenvalue weighted by atomic mass is 9.95. The lowest BCUT2D eigenvalue weighted by molar-refractivity contribution is -0.662. The average Bonchev–Trinajstić information content (AvgIpc) is 0.784. The molecule has 0 fully saturated rings. The zero-order valence-electron chi connectivity index (χ0n) is 72.0. The van der Waals surface area contributed by atoms with Gasteiger partial charge < -0.3 is 0 Å². The Morgan fingerprint density at radius 2 is 0.573 bits per heavy atom. The van der Waals surface area contributed by atoms with Crippen LogP contribution in [0.2, 0.25) is 0 Å². The van der Waals surface area contributed by atoms with Crippen LogP contribution in [0, 0.1) is 62.3 Å². The Bertz CT molecular complexity index is 6760. The van der Waals surface area contributed by atoms with Crippen molar-refractivity contribution in [3.05, 3.63) is 368 Å². The molecule has 10 aromatic carbocycles. The maximum Gasteiger partial charge on any atom is 0.287 e. The highest BCUT2D eigenvalue weighted by molar-refractivity contribution is 5.98. The zero-order valence-corrected chi connectivity index (χ0v) is 72.0. The molecule has 0 saturated heterocycles. The van der Waals surface area contributed by atoms with Gasteiger partial charge in [-0.15, -0.1) is 0 Å². The van der Waals surface area contributed by atoms with Crippen molar-refractivity contribution in [1.82, 2.24) is 69.8 Å². The molecule has 124 heavy (non-hydrogen) atoms. The minimum atomic E-state index is 0.652. The number of fused-ring (bicyclic) bond motifs is 5. The number of benzene rings is 10. The van der Waals surface area contributed by atoms with Gasteiger partial charge in [-0.1, -0.05) is 139 Å². The Labute approximate surface area is 721 Å². The van der Waals surface area contributed by atoms with Crippen LogP contribution in [0.1, 0.15) is 50.1 Å². The first-order valence-corrected chi connectivity index (χ1v) is 41.0. The van der Waals surface area contributed by atoms with Crippen LogP contribution >= 0.6 is 0 Å². The van der Waals surface area contributed by atoms with Gasteiger partial charge in [0.1, 0.15) is 41.1 Å². The van der Waals surface area contributed by atoms with Crippen molar-refractivity contribution in [2.75, 3.05) is 0 Å². The van der Waals surface area contributed by atoms with Crippen molar-refractivity contribution in [3.63, 3.8) is 0 Å². The van der Waals surface area contributed by atoms with Crippen molar-refractivity contribution in [3.8, 4) is 113 Å². The first kappa shape index (κ1) is 82.1. The predicted octanol–water partition coefficient (Wildman–Crippen LogP) is 19.3. The largest absolute Gasteiger partial charge is 0.287 e. The van der Waals surface area contributed by atoms with Gasteiger partial charge >= 0.3 is 0 Å². The maximum atomic E-state index is 4.67. The summed E-state index contributed by atoms with van der Waals surface area (Å²) in [6.45, 7) is 19.4. The third-order valence-corrected chi connectivity index (χ3v) is 22.6. The van der Waals surface area contributed by atoms with Gasteiger partial charge in [0, 0.05) is 111 Å². The molecule has 0 bridgehead atoms. The first-order chi connectivity index (χ1) is 60.3. The summed E-state index contributed by atoms with van der Waals surface area (Å²) in [4.78, 5) is 61.2. The van der Waals surface area contributed by atoms with Crippen LogP contribution in [0.3, 0.4) is 0 Å². The third-order valence-electron chi connectivity index (χ3n) is 22.6. The Morgan fingerprint density at radius 1 is 0.218 bits per heavy atom. The van der Waals surface area contributed by atoms with E-state index in [4.69, 9.17) is 0 Å². The second-order valence-electron chi connectivity index (χ2n) is 31.2. The number of aromatic nitrogens is 19. The van der Waals surface area contributed by atoms with E-state index in [2.05, 4.69) is 345 Å². The lowest BCUT2D eigenvalue weighted by Gasteiger charge is -2.12. The molecule has 10 aromatic heterocycles. The average molecular weight is 1620 g/mol. The highest BCUT2D eigenvalue weighted by Crippen LogP contribution is 2.37. The molecule has 20 aromatic rings. The van der Waals surface area contributed by atoms with Crippen molar-refractivity contribution in [1.29, 1.82) is 0 Å². The molecule has 0 atom stereocenters. The van der Waals surface area contributed by atoms with Gasteiger partial charge in [0.15, 0.2) is 39.2 Å². The van der Waals surface area contributed by atoms with Crippen LogP contribution in [0.4, 0.5) is 0 Å². The van der Waals surface area contributed by atoms with E-state index >= 15 is 0 Å². The quantitative estimate of drug-likeness (QED) is 0.117. The second-order valence-corrected chi connectivity index (χ2v) is 31.2.